The molecule has 0 atom stereocenters. The van der Waals surface area contributed by atoms with Gasteiger partial charge in [-0.05, 0) is 36.6 Å². The molecule has 1 heterocycles. The highest BCUT2D eigenvalue weighted by molar-refractivity contribution is 9.10. The molecular formula is C10H9BrO2. The number of rotatable bonds is 0. The van der Waals surface area contributed by atoms with Crippen molar-refractivity contribution >= 4 is 21.9 Å². The first-order valence-electron chi connectivity index (χ1n) is 4.25. The van der Waals surface area contributed by atoms with E-state index in [9.17, 15) is 4.79 Å². The molecule has 0 spiro atoms. The van der Waals surface area contributed by atoms with Crippen LogP contribution in [0.25, 0.3) is 0 Å². The smallest absolute Gasteiger partial charge is 0.311 e. The summed E-state index contributed by atoms with van der Waals surface area (Å²) in [6.45, 7) is 0. The largest absolute Gasteiger partial charge is 0.426 e. The van der Waals surface area contributed by atoms with Gasteiger partial charge in [0.1, 0.15) is 5.75 Å². The van der Waals surface area contributed by atoms with Gasteiger partial charge in [0.05, 0.1) is 0 Å². The monoisotopic (exact) mass is 240 g/mol. The van der Waals surface area contributed by atoms with Crippen molar-refractivity contribution in [3.8, 4) is 5.75 Å². The van der Waals surface area contributed by atoms with Gasteiger partial charge in [0, 0.05) is 10.9 Å². The normalized spacial score (nSPS) is 15.9. The van der Waals surface area contributed by atoms with Gasteiger partial charge in [-0.15, -0.1) is 0 Å². The van der Waals surface area contributed by atoms with Crippen LogP contribution in [0.15, 0.2) is 22.7 Å². The molecule has 0 aliphatic carbocycles. The molecule has 0 unspecified atom stereocenters. The van der Waals surface area contributed by atoms with Crippen LogP contribution in [0.5, 0.6) is 5.75 Å². The van der Waals surface area contributed by atoms with E-state index >= 15 is 0 Å². The quantitative estimate of drug-likeness (QED) is 0.515. The van der Waals surface area contributed by atoms with Crippen molar-refractivity contribution in [1.29, 1.82) is 0 Å². The molecule has 68 valence electrons. The second kappa shape index (κ2) is 3.50. The van der Waals surface area contributed by atoms with Crippen molar-refractivity contribution in [2.45, 2.75) is 19.3 Å². The Hall–Kier alpha value is -0.830. The molecule has 0 bridgehead atoms. The summed E-state index contributed by atoms with van der Waals surface area (Å²) >= 11 is 3.39. The van der Waals surface area contributed by atoms with E-state index in [4.69, 9.17) is 4.74 Å². The van der Waals surface area contributed by atoms with E-state index < -0.39 is 0 Å². The molecule has 0 saturated heterocycles. The number of carbonyl (C=O) groups excluding carboxylic acids is 1. The maximum Gasteiger partial charge on any atom is 0.311 e. The number of esters is 1. The Balaban J connectivity index is 2.40. The SMILES string of the molecule is O=C1CCCc2cc(Br)ccc2O1. The van der Waals surface area contributed by atoms with Gasteiger partial charge in [-0.1, -0.05) is 15.9 Å². The Morgan fingerprint density at radius 3 is 3.00 bits per heavy atom. The Morgan fingerprint density at radius 2 is 2.15 bits per heavy atom. The van der Waals surface area contributed by atoms with Crippen molar-refractivity contribution in [3.05, 3.63) is 28.2 Å². The average Bonchev–Trinajstić information content (AvgIpc) is 2.25. The second-order valence-electron chi connectivity index (χ2n) is 3.08. The van der Waals surface area contributed by atoms with Crippen LogP contribution in [0.2, 0.25) is 0 Å². The zero-order valence-electron chi connectivity index (χ0n) is 7.05. The summed E-state index contributed by atoms with van der Waals surface area (Å²) in [6, 6.07) is 5.73. The fourth-order valence-electron chi connectivity index (χ4n) is 1.44. The number of hydrogen-bond donors (Lipinski definition) is 0. The summed E-state index contributed by atoms with van der Waals surface area (Å²) in [5.74, 6) is 0.590. The van der Waals surface area contributed by atoms with Gasteiger partial charge in [-0.25, -0.2) is 0 Å². The molecule has 2 rings (SSSR count). The van der Waals surface area contributed by atoms with Crippen LogP contribution in [0.4, 0.5) is 0 Å². The topological polar surface area (TPSA) is 26.3 Å². The molecule has 0 amide bonds. The number of carbonyl (C=O) groups is 1. The molecule has 1 aromatic carbocycles. The van der Waals surface area contributed by atoms with Crippen LogP contribution in [0.1, 0.15) is 18.4 Å². The molecule has 2 nitrogen and oxygen atoms in total. The Morgan fingerprint density at radius 1 is 1.31 bits per heavy atom. The zero-order chi connectivity index (χ0) is 9.26. The Kier molecular flexibility index (Phi) is 2.36. The van der Waals surface area contributed by atoms with E-state index in [1.54, 1.807) is 0 Å². The van der Waals surface area contributed by atoms with Crippen LogP contribution < -0.4 is 4.74 Å². The number of aryl methyl sites for hydroxylation is 1. The third-order valence-electron chi connectivity index (χ3n) is 2.07. The summed E-state index contributed by atoms with van der Waals surface area (Å²) in [6.07, 6.45) is 2.31. The first kappa shape index (κ1) is 8.75. The lowest BCUT2D eigenvalue weighted by molar-refractivity contribution is -0.134. The maximum atomic E-state index is 11.1. The van der Waals surface area contributed by atoms with Gasteiger partial charge < -0.3 is 4.74 Å². The van der Waals surface area contributed by atoms with Crippen LogP contribution >= 0.6 is 15.9 Å². The third kappa shape index (κ3) is 1.91. The van der Waals surface area contributed by atoms with E-state index in [1.807, 2.05) is 18.2 Å². The molecule has 0 saturated carbocycles. The van der Waals surface area contributed by atoms with Crippen molar-refractivity contribution in [2.75, 3.05) is 0 Å². The van der Waals surface area contributed by atoms with Gasteiger partial charge >= 0.3 is 5.97 Å². The Bertz CT molecular complexity index is 347. The van der Waals surface area contributed by atoms with Crippen LogP contribution in [-0.4, -0.2) is 5.97 Å². The molecule has 1 aromatic rings. The van der Waals surface area contributed by atoms with E-state index in [-0.39, 0.29) is 5.97 Å². The molecule has 1 aliphatic rings. The van der Waals surface area contributed by atoms with E-state index in [0.717, 1.165) is 22.9 Å². The van der Waals surface area contributed by atoms with E-state index in [1.165, 1.54) is 0 Å². The molecule has 13 heavy (non-hydrogen) atoms. The van der Waals surface area contributed by atoms with Gasteiger partial charge in [-0.3, -0.25) is 4.79 Å². The number of halogens is 1. The minimum absolute atomic E-state index is 0.124. The van der Waals surface area contributed by atoms with Crippen LogP contribution in [-0.2, 0) is 11.2 Å². The molecule has 0 aromatic heterocycles. The van der Waals surface area contributed by atoms with Crippen LogP contribution in [0.3, 0.4) is 0 Å². The van der Waals surface area contributed by atoms with E-state index in [0.29, 0.717) is 12.2 Å². The predicted molar refractivity (Wildman–Crippen MR) is 52.7 cm³/mol. The summed E-state index contributed by atoms with van der Waals surface area (Å²) in [7, 11) is 0. The minimum Gasteiger partial charge on any atom is -0.426 e. The zero-order valence-corrected chi connectivity index (χ0v) is 8.63. The fraction of sp³-hybridized carbons (Fsp3) is 0.300. The second-order valence-corrected chi connectivity index (χ2v) is 4.00. The standard InChI is InChI=1S/C10H9BrO2/c11-8-4-5-9-7(6-8)2-1-3-10(12)13-9/h4-6H,1-3H2. The molecule has 0 fully saturated rings. The third-order valence-corrected chi connectivity index (χ3v) is 2.57. The summed E-state index contributed by atoms with van der Waals surface area (Å²) in [5, 5.41) is 0. The molecular weight excluding hydrogens is 232 g/mol. The summed E-state index contributed by atoms with van der Waals surface area (Å²) in [5.41, 5.74) is 1.11. The molecule has 0 N–H and O–H groups in total. The summed E-state index contributed by atoms with van der Waals surface area (Å²) in [4.78, 5) is 11.1. The molecule has 1 aliphatic heterocycles. The summed E-state index contributed by atoms with van der Waals surface area (Å²) < 4.78 is 6.18. The number of hydrogen-bond acceptors (Lipinski definition) is 2. The van der Waals surface area contributed by atoms with Crippen molar-refractivity contribution in [3.63, 3.8) is 0 Å². The van der Waals surface area contributed by atoms with E-state index in [2.05, 4.69) is 15.9 Å². The first-order chi connectivity index (χ1) is 6.25. The highest BCUT2D eigenvalue weighted by Crippen LogP contribution is 2.27. The highest BCUT2D eigenvalue weighted by atomic mass is 79.9. The van der Waals surface area contributed by atoms with Gasteiger partial charge in [0.2, 0.25) is 0 Å². The van der Waals surface area contributed by atoms with Crippen molar-refractivity contribution in [1.82, 2.24) is 0 Å². The highest BCUT2D eigenvalue weighted by Gasteiger charge is 2.14. The van der Waals surface area contributed by atoms with Crippen molar-refractivity contribution in [2.24, 2.45) is 0 Å². The van der Waals surface area contributed by atoms with Gasteiger partial charge in [0.15, 0.2) is 0 Å². The van der Waals surface area contributed by atoms with Crippen LogP contribution in [0, 0.1) is 0 Å². The Labute approximate surface area is 85.0 Å². The van der Waals surface area contributed by atoms with Gasteiger partial charge in [-0.2, -0.15) is 0 Å². The van der Waals surface area contributed by atoms with Crippen molar-refractivity contribution < 1.29 is 9.53 Å². The first-order valence-corrected chi connectivity index (χ1v) is 5.04. The lowest BCUT2D eigenvalue weighted by Gasteiger charge is -2.04. The minimum atomic E-state index is -0.124. The fourth-order valence-corrected chi connectivity index (χ4v) is 1.85. The van der Waals surface area contributed by atoms with Gasteiger partial charge in [0.25, 0.3) is 0 Å². The molecule has 3 heteroatoms. The molecule has 0 radical (unpaired) electrons. The number of fused-ring (bicyclic) bond motifs is 1. The number of benzene rings is 1. The predicted octanol–water partition coefficient (Wildman–Crippen LogP) is 2.69. The lowest BCUT2D eigenvalue weighted by Crippen LogP contribution is -2.05. The number of ether oxygens (including phenoxy) is 1. The maximum absolute atomic E-state index is 11.1. The average molecular weight is 241 g/mol. The lowest BCUT2D eigenvalue weighted by atomic mass is 10.1.